The second-order valence-corrected chi connectivity index (χ2v) is 9.04. The van der Waals surface area contributed by atoms with Gasteiger partial charge in [-0.15, -0.1) is 11.3 Å². The Balaban J connectivity index is 1.46. The molecule has 2 aromatic heterocycles. The van der Waals surface area contributed by atoms with E-state index in [0.29, 0.717) is 6.54 Å². The maximum absolute atomic E-state index is 13.6. The van der Waals surface area contributed by atoms with Crippen molar-refractivity contribution in [2.45, 2.75) is 19.0 Å². The van der Waals surface area contributed by atoms with Gasteiger partial charge in [-0.2, -0.15) is 4.98 Å². The minimum atomic E-state index is -0.280. The normalized spacial score (nSPS) is 17.4. The molecular formula is C23H20ClF2N5S. The lowest BCUT2D eigenvalue weighted by Gasteiger charge is -2.44. The standard InChI is InChI=1S/C23H20ClF2N5S/c1-14-12-30(10-11-31(14)21-19-22(32-13-27-19)29-23(24)28-21)20(15-2-6-17(25)7-3-15)16-4-8-18(26)9-5-16/h2-9,13-14,20H,10-12H2,1H3. The highest BCUT2D eigenvalue weighted by Crippen LogP contribution is 2.34. The Kier molecular flexibility index (Phi) is 5.75. The van der Waals surface area contributed by atoms with Crippen LogP contribution in [-0.4, -0.2) is 45.5 Å². The van der Waals surface area contributed by atoms with Crippen LogP contribution in [-0.2, 0) is 0 Å². The van der Waals surface area contributed by atoms with Gasteiger partial charge < -0.3 is 4.90 Å². The number of halogens is 3. The van der Waals surface area contributed by atoms with Crippen LogP contribution in [0.4, 0.5) is 14.6 Å². The van der Waals surface area contributed by atoms with E-state index in [1.807, 2.05) is 0 Å². The topological polar surface area (TPSA) is 45.2 Å². The third-order valence-corrected chi connectivity index (χ3v) is 6.71. The van der Waals surface area contributed by atoms with Gasteiger partial charge in [-0.3, -0.25) is 4.90 Å². The Hall–Kier alpha value is -2.68. The molecule has 0 radical (unpaired) electrons. The molecule has 164 valence electrons. The van der Waals surface area contributed by atoms with Crippen molar-refractivity contribution in [2.24, 2.45) is 0 Å². The molecule has 1 fully saturated rings. The first kappa shape index (κ1) is 21.2. The van der Waals surface area contributed by atoms with E-state index in [4.69, 9.17) is 11.6 Å². The molecule has 1 saturated heterocycles. The van der Waals surface area contributed by atoms with Gasteiger partial charge in [0.25, 0.3) is 0 Å². The summed E-state index contributed by atoms with van der Waals surface area (Å²) in [4.78, 5) is 18.5. The Morgan fingerprint density at radius 2 is 1.59 bits per heavy atom. The molecule has 0 saturated carbocycles. The Labute approximate surface area is 193 Å². The predicted octanol–water partition coefficient (Wildman–Crippen LogP) is 5.32. The van der Waals surface area contributed by atoms with Gasteiger partial charge in [0, 0.05) is 25.7 Å². The van der Waals surface area contributed by atoms with Gasteiger partial charge in [0.15, 0.2) is 10.6 Å². The lowest BCUT2D eigenvalue weighted by atomic mass is 9.95. The number of rotatable bonds is 4. The molecule has 0 aliphatic carbocycles. The summed E-state index contributed by atoms with van der Waals surface area (Å²) in [6.45, 7) is 4.30. The predicted molar refractivity (Wildman–Crippen MR) is 123 cm³/mol. The Morgan fingerprint density at radius 3 is 2.19 bits per heavy atom. The number of nitrogens with zero attached hydrogens (tertiary/aromatic N) is 5. The summed E-state index contributed by atoms with van der Waals surface area (Å²) in [6, 6.07) is 13.0. The molecule has 0 N–H and O–H groups in total. The minimum absolute atomic E-state index is 0.114. The van der Waals surface area contributed by atoms with Crippen LogP contribution in [0.5, 0.6) is 0 Å². The number of thiazole rings is 1. The highest BCUT2D eigenvalue weighted by atomic mass is 35.5. The van der Waals surface area contributed by atoms with Crippen molar-refractivity contribution < 1.29 is 8.78 Å². The zero-order valence-electron chi connectivity index (χ0n) is 17.3. The number of aromatic nitrogens is 3. The summed E-state index contributed by atoms with van der Waals surface area (Å²) < 4.78 is 27.2. The summed E-state index contributed by atoms with van der Waals surface area (Å²) in [7, 11) is 0. The van der Waals surface area contributed by atoms with Crippen molar-refractivity contribution >= 4 is 39.1 Å². The minimum Gasteiger partial charge on any atom is -0.349 e. The maximum Gasteiger partial charge on any atom is 0.225 e. The van der Waals surface area contributed by atoms with E-state index < -0.39 is 0 Å². The number of hydrogen-bond acceptors (Lipinski definition) is 6. The van der Waals surface area contributed by atoms with Crippen molar-refractivity contribution in [3.05, 3.63) is 82.1 Å². The second-order valence-electron chi connectivity index (χ2n) is 7.87. The molecule has 3 heterocycles. The molecule has 1 atom stereocenters. The van der Waals surface area contributed by atoms with E-state index in [2.05, 4.69) is 31.7 Å². The molecule has 1 unspecified atom stereocenters. The summed E-state index contributed by atoms with van der Waals surface area (Å²) in [5, 5.41) is 0.210. The third-order valence-electron chi connectivity index (χ3n) is 5.82. The highest BCUT2D eigenvalue weighted by molar-refractivity contribution is 7.16. The fourth-order valence-corrected chi connectivity index (χ4v) is 5.23. The van der Waals surface area contributed by atoms with Gasteiger partial charge in [0.1, 0.15) is 17.2 Å². The van der Waals surface area contributed by atoms with Gasteiger partial charge in [-0.1, -0.05) is 24.3 Å². The van der Waals surface area contributed by atoms with Gasteiger partial charge in [-0.05, 0) is 53.9 Å². The van der Waals surface area contributed by atoms with Gasteiger partial charge >= 0.3 is 0 Å². The van der Waals surface area contributed by atoms with Crippen molar-refractivity contribution in [2.75, 3.05) is 24.5 Å². The van der Waals surface area contributed by atoms with E-state index in [9.17, 15) is 8.78 Å². The Bertz CT molecular complexity index is 1190. The molecule has 4 aromatic rings. The van der Waals surface area contributed by atoms with Crippen molar-refractivity contribution in [3.63, 3.8) is 0 Å². The largest absolute Gasteiger partial charge is 0.349 e. The summed E-state index contributed by atoms with van der Waals surface area (Å²) in [6.07, 6.45) is 0. The van der Waals surface area contributed by atoms with Crippen LogP contribution in [0, 0.1) is 11.6 Å². The molecule has 9 heteroatoms. The van der Waals surface area contributed by atoms with Gasteiger partial charge in [0.05, 0.1) is 11.6 Å². The van der Waals surface area contributed by atoms with Crippen molar-refractivity contribution in [1.82, 2.24) is 19.9 Å². The van der Waals surface area contributed by atoms with Crippen LogP contribution < -0.4 is 4.90 Å². The number of piperazine rings is 1. The Morgan fingerprint density at radius 1 is 0.969 bits per heavy atom. The van der Waals surface area contributed by atoms with Gasteiger partial charge in [0.2, 0.25) is 5.28 Å². The van der Waals surface area contributed by atoms with Crippen LogP contribution in [0.25, 0.3) is 10.3 Å². The molecule has 1 aliphatic heterocycles. The molecule has 0 amide bonds. The van der Waals surface area contributed by atoms with Crippen LogP contribution in [0.15, 0.2) is 54.0 Å². The first-order valence-corrected chi connectivity index (χ1v) is 11.5. The van der Waals surface area contributed by atoms with E-state index in [1.165, 1.54) is 35.6 Å². The van der Waals surface area contributed by atoms with Crippen LogP contribution in [0.2, 0.25) is 5.28 Å². The van der Waals surface area contributed by atoms with Gasteiger partial charge in [-0.25, -0.2) is 18.7 Å². The quantitative estimate of drug-likeness (QED) is 0.377. The fraction of sp³-hybridized carbons (Fsp3) is 0.261. The highest BCUT2D eigenvalue weighted by Gasteiger charge is 2.32. The average Bonchev–Trinajstić information content (AvgIpc) is 3.25. The first-order chi connectivity index (χ1) is 15.5. The second kappa shape index (κ2) is 8.69. The van der Waals surface area contributed by atoms with Crippen LogP contribution in [0.3, 0.4) is 0 Å². The molecule has 0 spiro atoms. The van der Waals surface area contributed by atoms with Crippen LogP contribution >= 0.6 is 22.9 Å². The van der Waals surface area contributed by atoms with Crippen molar-refractivity contribution in [3.8, 4) is 0 Å². The zero-order chi connectivity index (χ0) is 22.2. The summed E-state index contributed by atoms with van der Waals surface area (Å²) in [5.41, 5.74) is 4.43. The monoisotopic (exact) mass is 471 g/mol. The third kappa shape index (κ3) is 4.05. The van der Waals surface area contributed by atoms with E-state index in [1.54, 1.807) is 29.8 Å². The smallest absolute Gasteiger partial charge is 0.225 e. The van der Waals surface area contributed by atoms with Crippen molar-refractivity contribution in [1.29, 1.82) is 0 Å². The molecule has 2 aromatic carbocycles. The molecular weight excluding hydrogens is 452 g/mol. The lowest BCUT2D eigenvalue weighted by molar-refractivity contribution is 0.187. The van der Waals surface area contributed by atoms with Crippen LogP contribution in [0.1, 0.15) is 24.1 Å². The average molecular weight is 472 g/mol. The number of hydrogen-bond donors (Lipinski definition) is 0. The zero-order valence-corrected chi connectivity index (χ0v) is 18.8. The first-order valence-electron chi connectivity index (χ1n) is 10.3. The number of fused-ring (bicyclic) bond motifs is 1. The van der Waals surface area contributed by atoms with E-state index in [0.717, 1.165) is 40.4 Å². The SMILES string of the molecule is CC1CN(C(c2ccc(F)cc2)c2ccc(F)cc2)CCN1c1nc(Cl)nc2scnc12. The lowest BCUT2D eigenvalue weighted by Crippen LogP contribution is -2.53. The summed E-state index contributed by atoms with van der Waals surface area (Å²) >= 11 is 7.61. The van der Waals surface area contributed by atoms with E-state index in [-0.39, 0.29) is 29.0 Å². The number of benzene rings is 2. The molecule has 5 nitrogen and oxygen atoms in total. The maximum atomic E-state index is 13.6. The molecule has 0 bridgehead atoms. The molecule has 32 heavy (non-hydrogen) atoms. The van der Waals surface area contributed by atoms with E-state index >= 15 is 0 Å². The fourth-order valence-electron chi connectivity index (χ4n) is 4.36. The number of anilines is 1. The molecule has 1 aliphatic rings. The summed E-state index contributed by atoms with van der Waals surface area (Å²) in [5.74, 6) is 0.184. The molecule has 5 rings (SSSR count).